The minimum Gasteiger partial charge on any atom is -0.352 e. The van der Waals surface area contributed by atoms with Crippen LogP contribution in [0.4, 0.5) is 10.1 Å². The van der Waals surface area contributed by atoms with Crippen LogP contribution in [0.5, 0.6) is 0 Å². The van der Waals surface area contributed by atoms with Gasteiger partial charge in [-0.25, -0.2) is 12.8 Å². The third-order valence-electron chi connectivity index (χ3n) is 7.18. The van der Waals surface area contributed by atoms with E-state index in [1.54, 1.807) is 43.3 Å². The van der Waals surface area contributed by atoms with Crippen molar-refractivity contribution in [2.45, 2.75) is 77.4 Å². The number of benzene rings is 3. The summed E-state index contributed by atoms with van der Waals surface area (Å²) in [6, 6.07) is 18.3. The summed E-state index contributed by atoms with van der Waals surface area (Å²) in [6.07, 6.45) is 1.58. The van der Waals surface area contributed by atoms with Gasteiger partial charge in [-0.3, -0.25) is 13.9 Å². The van der Waals surface area contributed by atoms with Crippen LogP contribution >= 0.6 is 0 Å². The van der Waals surface area contributed by atoms with E-state index >= 15 is 0 Å². The zero-order valence-electron chi connectivity index (χ0n) is 24.4. The van der Waals surface area contributed by atoms with Gasteiger partial charge in [0.1, 0.15) is 18.4 Å². The first-order valence-electron chi connectivity index (χ1n) is 14.0. The third-order valence-corrected chi connectivity index (χ3v) is 8.96. The lowest BCUT2D eigenvalue weighted by Gasteiger charge is -2.34. The highest BCUT2D eigenvalue weighted by Crippen LogP contribution is 2.28. The number of carbonyl (C=O) groups excluding carboxylic acids is 2. The highest BCUT2D eigenvalue weighted by molar-refractivity contribution is 7.92. The molecule has 2 atom stereocenters. The van der Waals surface area contributed by atoms with Gasteiger partial charge in [-0.2, -0.15) is 0 Å². The number of sulfonamides is 1. The van der Waals surface area contributed by atoms with Gasteiger partial charge in [0.15, 0.2) is 0 Å². The Morgan fingerprint density at radius 3 is 2.12 bits per heavy atom. The maximum absolute atomic E-state index is 14.2. The Kier molecular flexibility index (Phi) is 11.1. The lowest BCUT2D eigenvalue weighted by atomic mass is 10.1. The molecule has 9 heteroatoms. The largest absolute Gasteiger partial charge is 0.352 e. The molecule has 1 N–H and O–H groups in total. The maximum atomic E-state index is 14.2. The van der Waals surface area contributed by atoms with Gasteiger partial charge < -0.3 is 10.2 Å². The van der Waals surface area contributed by atoms with Gasteiger partial charge in [0.25, 0.3) is 10.0 Å². The SMILES string of the molecule is CCc1ccccc1N(CC(=O)N(Cc1ccc(F)cc1)[C@H](CC)C(=O)N[C@@H](C)CC)S(=O)(=O)c1ccc(C)cc1. The molecule has 220 valence electrons. The van der Waals surface area contributed by atoms with Gasteiger partial charge in [0.05, 0.1) is 10.6 Å². The van der Waals surface area contributed by atoms with Crippen molar-refractivity contribution >= 4 is 27.5 Å². The number of hydrogen-bond acceptors (Lipinski definition) is 4. The number of amides is 2. The van der Waals surface area contributed by atoms with Gasteiger partial charge >= 0.3 is 0 Å². The molecule has 0 radical (unpaired) electrons. The van der Waals surface area contributed by atoms with Crippen molar-refractivity contribution < 1.29 is 22.4 Å². The van der Waals surface area contributed by atoms with Gasteiger partial charge in [-0.05, 0) is 74.6 Å². The first-order chi connectivity index (χ1) is 19.5. The molecule has 3 rings (SSSR count). The highest BCUT2D eigenvalue weighted by atomic mass is 32.2. The normalized spacial score (nSPS) is 12.8. The lowest BCUT2D eigenvalue weighted by molar-refractivity contribution is -0.140. The van der Waals surface area contributed by atoms with Crippen LogP contribution in [0.15, 0.2) is 77.7 Å². The molecule has 41 heavy (non-hydrogen) atoms. The van der Waals surface area contributed by atoms with Crippen molar-refractivity contribution in [1.29, 1.82) is 0 Å². The van der Waals surface area contributed by atoms with E-state index in [9.17, 15) is 22.4 Å². The van der Waals surface area contributed by atoms with E-state index in [2.05, 4.69) is 5.32 Å². The molecule has 0 aliphatic carbocycles. The Morgan fingerprint density at radius 2 is 1.54 bits per heavy atom. The molecule has 0 spiro atoms. The Labute approximate surface area is 243 Å². The summed E-state index contributed by atoms with van der Waals surface area (Å²) in [5.74, 6) is -1.28. The Morgan fingerprint density at radius 1 is 0.902 bits per heavy atom. The summed E-state index contributed by atoms with van der Waals surface area (Å²) >= 11 is 0. The number of halogens is 1. The summed E-state index contributed by atoms with van der Waals surface area (Å²) in [7, 11) is -4.15. The van der Waals surface area contributed by atoms with E-state index in [1.807, 2.05) is 39.8 Å². The number of rotatable bonds is 13. The molecule has 0 heterocycles. The minimum absolute atomic E-state index is 0.0133. The van der Waals surface area contributed by atoms with Crippen LogP contribution in [0.25, 0.3) is 0 Å². The molecular weight excluding hydrogens is 541 g/mol. The average Bonchev–Trinajstić information content (AvgIpc) is 2.96. The first-order valence-corrected chi connectivity index (χ1v) is 15.5. The molecule has 0 saturated heterocycles. The zero-order chi connectivity index (χ0) is 30.2. The molecule has 0 fully saturated rings. The number of aryl methyl sites for hydroxylation is 2. The number of nitrogens with zero attached hydrogens (tertiary/aromatic N) is 2. The quantitative estimate of drug-likeness (QED) is 0.284. The topological polar surface area (TPSA) is 86.8 Å². The van der Waals surface area contributed by atoms with Crippen LogP contribution in [0, 0.1) is 12.7 Å². The number of anilines is 1. The van der Waals surface area contributed by atoms with Crippen molar-refractivity contribution in [1.82, 2.24) is 10.2 Å². The zero-order valence-corrected chi connectivity index (χ0v) is 25.2. The second-order valence-corrected chi connectivity index (χ2v) is 12.1. The van der Waals surface area contributed by atoms with Gasteiger partial charge in [0.2, 0.25) is 11.8 Å². The fourth-order valence-corrected chi connectivity index (χ4v) is 6.00. The number of nitrogens with one attached hydrogen (secondary N) is 1. The van der Waals surface area contributed by atoms with Crippen molar-refractivity contribution in [3.05, 3.63) is 95.3 Å². The smallest absolute Gasteiger partial charge is 0.264 e. The molecule has 3 aromatic carbocycles. The molecular formula is C32H40FN3O4S. The summed E-state index contributed by atoms with van der Waals surface area (Å²) in [5, 5.41) is 2.95. The van der Waals surface area contributed by atoms with Crippen LogP contribution in [0.1, 0.15) is 57.2 Å². The number of hydrogen-bond donors (Lipinski definition) is 1. The second-order valence-electron chi connectivity index (χ2n) is 10.2. The van der Waals surface area contributed by atoms with Gasteiger partial charge in [-0.1, -0.05) is 68.8 Å². The molecule has 0 aliphatic rings. The Bertz CT molecular complexity index is 1430. The fraction of sp³-hybridized carbons (Fsp3) is 0.375. The first kappa shape index (κ1) is 31.8. The van der Waals surface area contributed by atoms with E-state index in [4.69, 9.17) is 0 Å². The van der Waals surface area contributed by atoms with E-state index < -0.39 is 34.3 Å². The standard InChI is InChI=1S/C32H40FN3O4S/c1-6-24(5)34-32(38)29(8-3)35(21-25-15-17-27(33)18-16-25)31(37)22-36(30-12-10-9-11-26(30)7-2)41(39,40)28-19-13-23(4)14-20-28/h9-20,24,29H,6-8,21-22H2,1-5H3,(H,34,38)/t24-,29+/m0/s1. The number of para-hydroxylation sites is 1. The molecule has 7 nitrogen and oxygen atoms in total. The predicted octanol–water partition coefficient (Wildman–Crippen LogP) is 5.61. The van der Waals surface area contributed by atoms with Gasteiger partial charge in [0, 0.05) is 12.6 Å². The number of carbonyl (C=O) groups is 2. The van der Waals surface area contributed by atoms with Crippen molar-refractivity contribution in [3.63, 3.8) is 0 Å². The third kappa shape index (κ3) is 7.94. The fourth-order valence-electron chi connectivity index (χ4n) is 4.55. The van der Waals surface area contributed by atoms with E-state index in [1.165, 1.54) is 29.2 Å². The summed E-state index contributed by atoms with van der Waals surface area (Å²) in [4.78, 5) is 29.0. The molecule has 0 unspecified atom stereocenters. The van der Waals surface area contributed by atoms with E-state index in [0.29, 0.717) is 30.5 Å². The van der Waals surface area contributed by atoms with E-state index in [0.717, 1.165) is 15.4 Å². The predicted molar refractivity (Wildman–Crippen MR) is 160 cm³/mol. The van der Waals surface area contributed by atoms with Crippen LogP contribution < -0.4 is 9.62 Å². The molecule has 3 aromatic rings. The molecule has 0 aromatic heterocycles. The van der Waals surface area contributed by atoms with Crippen LogP contribution in [-0.4, -0.2) is 43.8 Å². The monoisotopic (exact) mass is 581 g/mol. The minimum atomic E-state index is -4.15. The molecule has 0 bridgehead atoms. The summed E-state index contributed by atoms with van der Waals surface area (Å²) in [5.41, 5.74) is 2.70. The molecule has 0 saturated carbocycles. The highest BCUT2D eigenvalue weighted by Gasteiger charge is 2.34. The Balaban J connectivity index is 2.09. The Hall–Kier alpha value is -3.72. The van der Waals surface area contributed by atoms with Crippen LogP contribution in [0.3, 0.4) is 0 Å². The second kappa shape index (κ2) is 14.3. The average molecular weight is 582 g/mol. The summed E-state index contributed by atoms with van der Waals surface area (Å²) < 4.78 is 42.9. The lowest BCUT2D eigenvalue weighted by Crippen LogP contribution is -2.53. The van der Waals surface area contributed by atoms with Crippen molar-refractivity contribution in [2.75, 3.05) is 10.8 Å². The van der Waals surface area contributed by atoms with E-state index in [-0.39, 0.29) is 23.4 Å². The van der Waals surface area contributed by atoms with Crippen molar-refractivity contribution in [2.24, 2.45) is 0 Å². The van der Waals surface area contributed by atoms with Crippen LogP contribution in [-0.2, 0) is 32.6 Å². The van der Waals surface area contributed by atoms with Crippen LogP contribution in [0.2, 0.25) is 0 Å². The molecule has 2 amide bonds. The summed E-state index contributed by atoms with van der Waals surface area (Å²) in [6.45, 7) is 8.93. The molecule has 0 aliphatic heterocycles. The van der Waals surface area contributed by atoms with Gasteiger partial charge in [-0.15, -0.1) is 0 Å². The maximum Gasteiger partial charge on any atom is 0.264 e. The van der Waals surface area contributed by atoms with Crippen molar-refractivity contribution in [3.8, 4) is 0 Å².